The Labute approximate surface area is 215 Å². The van der Waals surface area contributed by atoms with Crippen molar-refractivity contribution in [1.29, 1.82) is 0 Å². The molecule has 202 valence electrons. The van der Waals surface area contributed by atoms with Gasteiger partial charge in [0, 0.05) is 18.1 Å². The lowest BCUT2D eigenvalue weighted by atomic mass is 9.72. The predicted molar refractivity (Wildman–Crippen MR) is 143 cm³/mol. The Kier molecular flexibility index (Phi) is 13.2. The molecule has 0 bridgehead atoms. The number of ether oxygens (including phenoxy) is 3. The predicted octanol–water partition coefficient (Wildman–Crippen LogP) is 8.24. The van der Waals surface area contributed by atoms with E-state index >= 15 is 0 Å². The lowest BCUT2D eigenvalue weighted by molar-refractivity contribution is -0.177. The van der Waals surface area contributed by atoms with Crippen LogP contribution in [0.25, 0.3) is 0 Å². The fourth-order valence-corrected chi connectivity index (χ4v) is 6.61. The second-order valence-corrected chi connectivity index (χ2v) is 12.0. The van der Waals surface area contributed by atoms with Crippen LogP contribution in [0.15, 0.2) is 12.2 Å². The summed E-state index contributed by atoms with van der Waals surface area (Å²) in [5, 5.41) is 0. The summed E-state index contributed by atoms with van der Waals surface area (Å²) in [5.74, 6) is 3.44. The molecule has 3 rings (SSSR count). The van der Waals surface area contributed by atoms with E-state index in [-0.39, 0.29) is 18.2 Å². The van der Waals surface area contributed by atoms with Crippen LogP contribution in [-0.2, 0) is 19.0 Å². The van der Waals surface area contributed by atoms with E-state index < -0.39 is 0 Å². The van der Waals surface area contributed by atoms with E-state index in [9.17, 15) is 4.79 Å². The summed E-state index contributed by atoms with van der Waals surface area (Å²) in [6, 6.07) is 0. The van der Waals surface area contributed by atoms with Crippen LogP contribution >= 0.6 is 0 Å². The zero-order chi connectivity index (χ0) is 24.9. The normalized spacial score (nSPS) is 30.5. The van der Waals surface area contributed by atoms with Crippen LogP contribution in [-0.4, -0.2) is 32.1 Å². The van der Waals surface area contributed by atoms with Gasteiger partial charge in [0.2, 0.25) is 0 Å². The van der Waals surface area contributed by atoms with E-state index in [4.69, 9.17) is 14.2 Å². The summed E-state index contributed by atoms with van der Waals surface area (Å²) in [7, 11) is 0. The average molecular weight is 491 g/mol. The van der Waals surface area contributed by atoms with E-state index in [1.807, 2.05) is 0 Å². The molecule has 35 heavy (non-hydrogen) atoms. The van der Waals surface area contributed by atoms with E-state index in [1.165, 1.54) is 96.3 Å². The monoisotopic (exact) mass is 490 g/mol. The molecule has 3 fully saturated rings. The van der Waals surface area contributed by atoms with Gasteiger partial charge in [-0.15, -0.1) is 0 Å². The summed E-state index contributed by atoms with van der Waals surface area (Å²) in [4.78, 5) is 12.0. The third-order valence-corrected chi connectivity index (χ3v) is 9.13. The van der Waals surface area contributed by atoms with Crippen molar-refractivity contribution in [3.8, 4) is 0 Å². The van der Waals surface area contributed by atoms with Gasteiger partial charge in [0.1, 0.15) is 0 Å². The number of esters is 1. The quantitative estimate of drug-likeness (QED) is 0.140. The summed E-state index contributed by atoms with van der Waals surface area (Å²) in [5.41, 5.74) is 0.471. The Morgan fingerprint density at radius 2 is 1.49 bits per heavy atom. The third kappa shape index (κ3) is 10.6. The zero-order valence-corrected chi connectivity index (χ0v) is 22.9. The first-order valence-corrected chi connectivity index (χ1v) is 15.1. The van der Waals surface area contributed by atoms with Crippen LogP contribution in [0.2, 0.25) is 0 Å². The van der Waals surface area contributed by atoms with Crippen LogP contribution in [0.3, 0.4) is 0 Å². The van der Waals surface area contributed by atoms with Gasteiger partial charge in [-0.25, -0.2) is 4.79 Å². The highest BCUT2D eigenvalue weighted by Crippen LogP contribution is 2.39. The lowest BCUT2D eigenvalue weighted by Crippen LogP contribution is -2.33. The van der Waals surface area contributed by atoms with Gasteiger partial charge in [0.15, 0.2) is 6.29 Å². The van der Waals surface area contributed by atoms with Crippen molar-refractivity contribution in [2.45, 2.75) is 129 Å². The van der Waals surface area contributed by atoms with Crippen molar-refractivity contribution in [1.82, 2.24) is 0 Å². The fourth-order valence-electron chi connectivity index (χ4n) is 6.61. The molecular formula is C31H54O4. The molecule has 3 aliphatic rings. The molecule has 0 N–H and O–H groups in total. The maximum atomic E-state index is 12.0. The van der Waals surface area contributed by atoms with E-state index in [0.717, 1.165) is 37.2 Å². The second-order valence-electron chi connectivity index (χ2n) is 12.0. The van der Waals surface area contributed by atoms with Crippen LogP contribution in [0, 0.1) is 29.6 Å². The molecule has 2 atom stereocenters. The number of hydrogen-bond acceptors (Lipinski definition) is 4. The van der Waals surface area contributed by atoms with Crippen LogP contribution in [0.4, 0.5) is 0 Å². The van der Waals surface area contributed by atoms with E-state index in [2.05, 4.69) is 13.5 Å². The molecule has 2 aliphatic carbocycles. The van der Waals surface area contributed by atoms with Gasteiger partial charge in [0.05, 0.1) is 13.2 Å². The highest BCUT2D eigenvalue weighted by atomic mass is 16.7. The van der Waals surface area contributed by atoms with Crippen LogP contribution in [0.1, 0.15) is 123 Å². The Hall–Kier alpha value is -0.870. The first-order chi connectivity index (χ1) is 17.0. The minimum atomic E-state index is -0.280. The Bertz CT molecular complexity index is 595. The molecule has 0 radical (unpaired) electrons. The molecular weight excluding hydrogens is 436 g/mol. The minimum Gasteiger partial charge on any atom is -0.462 e. The molecule has 2 saturated carbocycles. The van der Waals surface area contributed by atoms with Gasteiger partial charge in [-0.05, 0) is 62.7 Å². The molecule has 0 aromatic carbocycles. The summed E-state index contributed by atoms with van der Waals surface area (Å²) in [6.45, 7) is 9.62. The van der Waals surface area contributed by atoms with Gasteiger partial charge in [0.25, 0.3) is 0 Å². The third-order valence-electron chi connectivity index (χ3n) is 9.13. The van der Waals surface area contributed by atoms with Crippen molar-refractivity contribution in [3.05, 3.63) is 12.2 Å². The molecule has 0 amide bonds. The van der Waals surface area contributed by atoms with Gasteiger partial charge in [-0.1, -0.05) is 90.6 Å². The molecule has 1 aliphatic heterocycles. The van der Waals surface area contributed by atoms with Gasteiger partial charge >= 0.3 is 5.97 Å². The fraction of sp³-hybridized carbons (Fsp3) is 0.903. The number of hydrogen-bond donors (Lipinski definition) is 0. The summed E-state index contributed by atoms with van der Waals surface area (Å²) < 4.78 is 17.5. The molecule has 4 heteroatoms. The molecule has 2 unspecified atom stereocenters. The average Bonchev–Trinajstić information content (AvgIpc) is 2.89. The van der Waals surface area contributed by atoms with Gasteiger partial charge < -0.3 is 14.2 Å². The summed E-state index contributed by atoms with van der Waals surface area (Å²) >= 11 is 0. The highest BCUT2D eigenvalue weighted by Gasteiger charge is 2.30. The number of carbonyl (C=O) groups is 1. The van der Waals surface area contributed by atoms with Gasteiger partial charge in [-0.3, -0.25) is 0 Å². The Morgan fingerprint density at radius 1 is 0.857 bits per heavy atom. The maximum Gasteiger partial charge on any atom is 0.333 e. The number of rotatable bonds is 14. The molecule has 0 aromatic heterocycles. The van der Waals surface area contributed by atoms with E-state index in [1.54, 1.807) is 6.92 Å². The molecule has 1 saturated heterocycles. The van der Waals surface area contributed by atoms with Crippen molar-refractivity contribution < 1.29 is 19.0 Å². The lowest BCUT2D eigenvalue weighted by Gasteiger charge is -2.35. The van der Waals surface area contributed by atoms with E-state index in [0.29, 0.717) is 24.7 Å². The SMILES string of the molecule is C=C(C)C(=O)OCC(COC1CCCCO1)C1CCC(CCC2CCC(CCCCC)CC2)CC1. The zero-order valence-electron chi connectivity index (χ0n) is 22.9. The molecule has 1 heterocycles. The molecule has 0 aromatic rings. The minimum absolute atomic E-state index is 0.0823. The smallest absolute Gasteiger partial charge is 0.333 e. The van der Waals surface area contributed by atoms with Crippen molar-refractivity contribution in [2.24, 2.45) is 29.6 Å². The Balaban J connectivity index is 1.36. The number of unbranched alkanes of at least 4 members (excludes halogenated alkanes) is 2. The molecule has 4 nitrogen and oxygen atoms in total. The first-order valence-electron chi connectivity index (χ1n) is 15.1. The summed E-state index contributed by atoms with van der Waals surface area (Å²) in [6.07, 6.45) is 22.8. The molecule has 0 spiro atoms. The van der Waals surface area contributed by atoms with Crippen LogP contribution in [0.5, 0.6) is 0 Å². The Morgan fingerprint density at radius 3 is 2.06 bits per heavy atom. The topological polar surface area (TPSA) is 44.8 Å². The van der Waals surface area contributed by atoms with Crippen molar-refractivity contribution >= 4 is 5.97 Å². The largest absolute Gasteiger partial charge is 0.462 e. The number of carbonyl (C=O) groups excluding carboxylic acids is 1. The van der Waals surface area contributed by atoms with Crippen molar-refractivity contribution in [3.63, 3.8) is 0 Å². The standard InChI is InChI=1S/C31H54O4/c1-4-5-6-9-25-11-13-26(14-12-25)15-16-27-17-19-28(20-18-27)29(23-35-31(32)24(2)3)22-34-30-10-7-8-21-33-30/h25-30H,2,4-23H2,1,3H3. The van der Waals surface area contributed by atoms with Crippen molar-refractivity contribution in [2.75, 3.05) is 19.8 Å². The first kappa shape index (κ1) is 28.7. The van der Waals surface area contributed by atoms with Gasteiger partial charge in [-0.2, -0.15) is 0 Å². The second kappa shape index (κ2) is 16.1. The highest BCUT2D eigenvalue weighted by molar-refractivity contribution is 5.86. The van der Waals surface area contributed by atoms with Crippen LogP contribution < -0.4 is 0 Å². The maximum absolute atomic E-state index is 12.0.